The molecule has 4 rings (SSSR count). The van der Waals surface area contributed by atoms with Gasteiger partial charge in [-0.05, 0) is 36.9 Å². The summed E-state index contributed by atoms with van der Waals surface area (Å²) >= 11 is 6.38. The molecule has 2 saturated heterocycles. The molecule has 0 radical (unpaired) electrons. The number of nitrogens with zero attached hydrogens (tertiary/aromatic N) is 6. The molecule has 31 heavy (non-hydrogen) atoms. The first kappa shape index (κ1) is 21.7. The number of halogens is 1. The number of hydrogen-bond acceptors (Lipinski definition) is 5. The van der Waals surface area contributed by atoms with Crippen molar-refractivity contribution < 1.29 is 0 Å². The van der Waals surface area contributed by atoms with Crippen molar-refractivity contribution in [1.29, 1.82) is 0 Å². The van der Waals surface area contributed by atoms with Gasteiger partial charge in [0.15, 0.2) is 5.96 Å². The minimum absolute atomic E-state index is 0.737. The molecule has 0 unspecified atom stereocenters. The fourth-order valence-electron chi connectivity index (χ4n) is 4.16. The average molecular weight is 442 g/mol. The maximum Gasteiger partial charge on any atom is 0.194 e. The van der Waals surface area contributed by atoms with Gasteiger partial charge in [0.05, 0.1) is 10.7 Å². The van der Waals surface area contributed by atoms with Crippen LogP contribution < -0.4 is 15.1 Å². The van der Waals surface area contributed by atoms with E-state index in [-0.39, 0.29) is 0 Å². The summed E-state index contributed by atoms with van der Waals surface area (Å²) in [5, 5.41) is 4.35. The molecule has 3 heterocycles. The van der Waals surface area contributed by atoms with Crippen LogP contribution in [0.4, 0.5) is 11.5 Å². The third kappa shape index (κ3) is 5.40. The van der Waals surface area contributed by atoms with Crippen LogP contribution in [0, 0.1) is 0 Å². The Morgan fingerprint density at radius 3 is 2.42 bits per heavy atom. The number of benzene rings is 1. The van der Waals surface area contributed by atoms with Crippen molar-refractivity contribution in [3.8, 4) is 0 Å². The summed E-state index contributed by atoms with van der Waals surface area (Å²) in [6, 6.07) is 12.3. The number of nitrogens with one attached hydrogen (secondary N) is 1. The summed E-state index contributed by atoms with van der Waals surface area (Å²) in [5.74, 6) is 2.01. The molecule has 0 amide bonds. The second kappa shape index (κ2) is 10.2. The minimum Gasteiger partial charge on any atom is -0.367 e. The summed E-state index contributed by atoms with van der Waals surface area (Å²) < 4.78 is 0. The van der Waals surface area contributed by atoms with Gasteiger partial charge >= 0.3 is 0 Å². The van der Waals surface area contributed by atoms with Crippen LogP contribution in [0.1, 0.15) is 5.56 Å². The molecule has 0 atom stereocenters. The standard InChI is InChI=1S/C23H32ClN7/c1-25-23(31-15-13-29(14-16-31)21-6-4-3-5-20(21)24)27-18-19-7-8-26-22(17-19)30-11-9-28(2)10-12-30/h3-8,17H,9-16,18H2,1-2H3,(H,25,27). The fourth-order valence-corrected chi connectivity index (χ4v) is 4.42. The van der Waals surface area contributed by atoms with Crippen molar-refractivity contribution >= 4 is 29.1 Å². The Morgan fingerprint density at radius 1 is 1.00 bits per heavy atom. The first-order valence-corrected chi connectivity index (χ1v) is 11.4. The van der Waals surface area contributed by atoms with Crippen molar-refractivity contribution in [1.82, 2.24) is 20.1 Å². The second-order valence-electron chi connectivity index (χ2n) is 8.14. The van der Waals surface area contributed by atoms with Crippen molar-refractivity contribution in [2.75, 3.05) is 76.3 Å². The van der Waals surface area contributed by atoms with E-state index in [4.69, 9.17) is 11.6 Å². The normalized spacial score (nSPS) is 18.4. The van der Waals surface area contributed by atoms with Crippen LogP contribution in [0.3, 0.4) is 0 Å². The molecule has 1 aromatic carbocycles. The highest BCUT2D eigenvalue weighted by molar-refractivity contribution is 6.33. The molecule has 7 nitrogen and oxygen atoms in total. The Balaban J connectivity index is 1.31. The van der Waals surface area contributed by atoms with Crippen LogP contribution in [-0.4, -0.2) is 87.2 Å². The zero-order chi connectivity index (χ0) is 21.6. The number of aromatic nitrogens is 1. The summed E-state index contributed by atoms with van der Waals surface area (Å²) in [4.78, 5) is 18.5. The van der Waals surface area contributed by atoms with E-state index in [0.29, 0.717) is 0 Å². The lowest BCUT2D eigenvalue weighted by Gasteiger charge is -2.38. The highest BCUT2D eigenvalue weighted by Crippen LogP contribution is 2.26. The number of likely N-dealkylation sites (N-methyl/N-ethyl adjacent to an activating group) is 1. The number of piperazine rings is 2. The Bertz CT molecular complexity index is 887. The van der Waals surface area contributed by atoms with Gasteiger partial charge in [-0.3, -0.25) is 4.99 Å². The number of rotatable bonds is 4. The van der Waals surface area contributed by atoms with Crippen molar-refractivity contribution in [2.45, 2.75) is 6.54 Å². The number of guanidine groups is 1. The molecule has 2 aliphatic heterocycles. The summed E-state index contributed by atoms with van der Waals surface area (Å²) in [6.45, 7) is 8.62. The highest BCUT2D eigenvalue weighted by atomic mass is 35.5. The lowest BCUT2D eigenvalue weighted by atomic mass is 10.2. The molecule has 1 aromatic heterocycles. The van der Waals surface area contributed by atoms with Crippen molar-refractivity contribution in [2.24, 2.45) is 4.99 Å². The molecule has 2 fully saturated rings. The van der Waals surface area contributed by atoms with E-state index in [1.807, 2.05) is 31.4 Å². The van der Waals surface area contributed by atoms with E-state index in [1.54, 1.807) is 0 Å². The highest BCUT2D eigenvalue weighted by Gasteiger charge is 2.21. The first-order valence-electron chi connectivity index (χ1n) is 11.0. The topological polar surface area (TPSA) is 50.2 Å². The van der Waals surface area contributed by atoms with Gasteiger partial charge in [0.1, 0.15) is 5.82 Å². The molecule has 0 bridgehead atoms. The first-order chi connectivity index (χ1) is 15.1. The van der Waals surface area contributed by atoms with Crippen LogP contribution in [0.25, 0.3) is 0 Å². The van der Waals surface area contributed by atoms with Gasteiger partial charge in [-0.15, -0.1) is 0 Å². The number of hydrogen-bond donors (Lipinski definition) is 1. The van der Waals surface area contributed by atoms with E-state index < -0.39 is 0 Å². The predicted molar refractivity (Wildman–Crippen MR) is 129 cm³/mol. The molecule has 2 aliphatic rings. The minimum atomic E-state index is 0.737. The molecule has 0 saturated carbocycles. The molecular formula is C23H32ClN7. The number of anilines is 2. The zero-order valence-electron chi connectivity index (χ0n) is 18.5. The third-order valence-corrected chi connectivity index (χ3v) is 6.39. The van der Waals surface area contributed by atoms with Crippen LogP contribution in [0.15, 0.2) is 47.6 Å². The zero-order valence-corrected chi connectivity index (χ0v) is 19.2. The molecule has 1 N–H and O–H groups in total. The largest absolute Gasteiger partial charge is 0.367 e. The van der Waals surface area contributed by atoms with Gasteiger partial charge in [0, 0.05) is 72.1 Å². The molecule has 2 aromatic rings. The fraction of sp³-hybridized carbons (Fsp3) is 0.478. The Hall–Kier alpha value is -2.51. The van der Waals surface area contributed by atoms with E-state index in [2.05, 4.69) is 60.1 Å². The van der Waals surface area contributed by atoms with Crippen LogP contribution in [0.5, 0.6) is 0 Å². The summed E-state index contributed by atoms with van der Waals surface area (Å²) in [5.41, 5.74) is 2.33. The van der Waals surface area contributed by atoms with Gasteiger partial charge in [0.25, 0.3) is 0 Å². The number of para-hydroxylation sites is 1. The second-order valence-corrected chi connectivity index (χ2v) is 8.55. The number of pyridine rings is 1. The molecule has 166 valence electrons. The van der Waals surface area contributed by atoms with Gasteiger partial charge < -0.3 is 24.9 Å². The predicted octanol–water partition coefficient (Wildman–Crippen LogP) is 2.38. The quantitative estimate of drug-likeness (QED) is 0.580. The van der Waals surface area contributed by atoms with Crippen LogP contribution in [0.2, 0.25) is 5.02 Å². The average Bonchev–Trinajstić information content (AvgIpc) is 2.81. The van der Waals surface area contributed by atoms with E-state index in [9.17, 15) is 0 Å². The summed E-state index contributed by atoms with van der Waals surface area (Å²) in [6.07, 6.45) is 1.91. The molecule has 0 spiro atoms. The molecule has 0 aliphatic carbocycles. The van der Waals surface area contributed by atoms with E-state index in [1.165, 1.54) is 5.56 Å². The SMILES string of the molecule is CN=C(NCc1ccnc(N2CCN(C)CC2)c1)N1CCN(c2ccccc2Cl)CC1. The van der Waals surface area contributed by atoms with Gasteiger partial charge in [-0.1, -0.05) is 23.7 Å². The Kier molecular flexibility index (Phi) is 7.14. The van der Waals surface area contributed by atoms with Crippen molar-refractivity contribution in [3.05, 3.63) is 53.2 Å². The van der Waals surface area contributed by atoms with Gasteiger partial charge in [0.2, 0.25) is 0 Å². The van der Waals surface area contributed by atoms with Crippen LogP contribution >= 0.6 is 11.6 Å². The third-order valence-electron chi connectivity index (χ3n) is 6.07. The van der Waals surface area contributed by atoms with E-state index >= 15 is 0 Å². The van der Waals surface area contributed by atoms with Gasteiger partial charge in [-0.25, -0.2) is 4.98 Å². The smallest absolute Gasteiger partial charge is 0.194 e. The maximum absolute atomic E-state index is 6.38. The lowest BCUT2D eigenvalue weighted by molar-refractivity contribution is 0.312. The van der Waals surface area contributed by atoms with E-state index in [0.717, 1.165) is 81.4 Å². The number of aliphatic imine (C=N–C) groups is 1. The van der Waals surface area contributed by atoms with Gasteiger partial charge in [-0.2, -0.15) is 0 Å². The molecular weight excluding hydrogens is 410 g/mol. The summed E-state index contributed by atoms with van der Waals surface area (Å²) in [7, 11) is 4.02. The molecule has 8 heteroatoms. The Labute approximate surface area is 190 Å². The maximum atomic E-state index is 6.38. The van der Waals surface area contributed by atoms with Crippen LogP contribution in [-0.2, 0) is 6.54 Å². The monoisotopic (exact) mass is 441 g/mol. The lowest BCUT2D eigenvalue weighted by Crippen LogP contribution is -2.52. The van der Waals surface area contributed by atoms with Crippen molar-refractivity contribution in [3.63, 3.8) is 0 Å². The Morgan fingerprint density at radius 2 is 1.71 bits per heavy atom.